The van der Waals surface area contributed by atoms with Gasteiger partial charge in [0.25, 0.3) is 15.9 Å². The van der Waals surface area contributed by atoms with E-state index in [0.717, 1.165) is 5.56 Å². The Morgan fingerprint density at radius 2 is 1.95 bits per heavy atom. The van der Waals surface area contributed by atoms with Gasteiger partial charge < -0.3 is 5.73 Å². The molecule has 0 radical (unpaired) electrons. The van der Waals surface area contributed by atoms with Crippen molar-refractivity contribution in [1.82, 2.24) is 10.2 Å². The van der Waals surface area contributed by atoms with Crippen LogP contribution < -0.4 is 10.5 Å². The van der Waals surface area contributed by atoms with Gasteiger partial charge in [-0.1, -0.05) is 22.0 Å². The topological polar surface area (TPSA) is 118 Å². The monoisotopic (exact) mass is 372 g/mol. The predicted octanol–water partition coefficient (Wildman–Crippen LogP) is 1.69. The zero-order valence-electron chi connectivity index (χ0n) is 11.3. The summed E-state index contributed by atoms with van der Waals surface area (Å²) in [6.07, 6.45) is 0. The molecule has 0 bridgehead atoms. The van der Waals surface area contributed by atoms with Crippen molar-refractivity contribution in [3.05, 3.63) is 39.5 Å². The molecule has 4 N–H and O–H groups in total. The second kappa shape index (κ2) is 5.49. The number of halogens is 1. The number of aromatic nitrogens is 2. The molecule has 1 heterocycles. The Balaban J connectivity index is 2.38. The summed E-state index contributed by atoms with van der Waals surface area (Å²) in [7, 11) is -3.81. The minimum absolute atomic E-state index is 0.0000950. The number of aromatic amines is 1. The van der Waals surface area contributed by atoms with Gasteiger partial charge in [0, 0.05) is 10.5 Å². The third kappa shape index (κ3) is 3.24. The lowest BCUT2D eigenvalue weighted by Crippen LogP contribution is -2.15. The Morgan fingerprint density at radius 1 is 1.29 bits per heavy atom. The van der Waals surface area contributed by atoms with Crippen molar-refractivity contribution < 1.29 is 13.2 Å². The maximum atomic E-state index is 12.4. The Morgan fingerprint density at radius 3 is 2.52 bits per heavy atom. The van der Waals surface area contributed by atoms with Gasteiger partial charge in [-0.25, -0.2) is 8.42 Å². The third-order valence-electron chi connectivity index (χ3n) is 2.83. The summed E-state index contributed by atoms with van der Waals surface area (Å²) >= 11 is 3.31. The van der Waals surface area contributed by atoms with Crippen LogP contribution >= 0.6 is 15.9 Å². The summed E-state index contributed by atoms with van der Waals surface area (Å²) in [5, 5.41) is 6.04. The van der Waals surface area contributed by atoms with E-state index in [9.17, 15) is 13.2 Å². The number of hydrogen-bond acceptors (Lipinski definition) is 4. The smallest absolute Gasteiger partial charge is 0.266 e. The van der Waals surface area contributed by atoms with Crippen molar-refractivity contribution in [1.29, 1.82) is 0 Å². The van der Waals surface area contributed by atoms with E-state index in [0.29, 0.717) is 10.0 Å². The van der Waals surface area contributed by atoms with Gasteiger partial charge in [-0.05, 0) is 31.0 Å². The molecule has 0 aliphatic rings. The minimum atomic E-state index is -3.81. The molecule has 0 saturated carbocycles. The minimum Gasteiger partial charge on any atom is -0.364 e. The zero-order valence-corrected chi connectivity index (χ0v) is 13.7. The highest BCUT2D eigenvalue weighted by molar-refractivity contribution is 9.10. The highest BCUT2D eigenvalue weighted by atomic mass is 79.9. The summed E-state index contributed by atoms with van der Waals surface area (Å²) in [6, 6.07) is 4.52. The van der Waals surface area contributed by atoms with E-state index in [1.54, 1.807) is 13.0 Å². The molecule has 0 aliphatic heterocycles. The Hall–Kier alpha value is -1.87. The number of carbonyl (C=O) groups is 1. The van der Waals surface area contributed by atoms with Crippen LogP contribution in [0.1, 0.15) is 21.6 Å². The van der Waals surface area contributed by atoms with Gasteiger partial charge in [-0.15, -0.1) is 0 Å². The number of H-pyrrole nitrogens is 1. The molecule has 1 aromatic carbocycles. The van der Waals surface area contributed by atoms with Crippen molar-refractivity contribution in [2.24, 2.45) is 5.73 Å². The van der Waals surface area contributed by atoms with Crippen LogP contribution in [0.15, 0.2) is 27.6 Å². The van der Waals surface area contributed by atoms with Crippen LogP contribution in [0, 0.1) is 13.8 Å². The van der Waals surface area contributed by atoms with E-state index in [1.807, 2.05) is 6.92 Å². The average Bonchev–Trinajstić information content (AvgIpc) is 2.81. The first kappa shape index (κ1) is 15.5. The van der Waals surface area contributed by atoms with E-state index in [2.05, 4.69) is 30.8 Å². The Kier molecular flexibility index (Phi) is 4.06. The highest BCUT2D eigenvalue weighted by Gasteiger charge is 2.20. The number of primary amides is 1. The number of amides is 1. The van der Waals surface area contributed by atoms with Crippen molar-refractivity contribution in [2.45, 2.75) is 18.7 Å². The zero-order chi connectivity index (χ0) is 15.8. The van der Waals surface area contributed by atoms with Crippen LogP contribution in [0.2, 0.25) is 0 Å². The molecule has 1 amide bonds. The number of aryl methyl sites for hydroxylation is 2. The number of nitrogens with one attached hydrogen (secondary N) is 2. The summed E-state index contributed by atoms with van der Waals surface area (Å²) in [4.78, 5) is 11.1. The SMILES string of the molecule is Cc1cc(C)c(S(=O)(=O)Nc2cc(C(N)=O)[nH]n2)cc1Br. The molecular weight excluding hydrogens is 360 g/mol. The molecule has 2 aromatic rings. The lowest BCUT2D eigenvalue weighted by molar-refractivity contribution is 0.0995. The second-order valence-corrected chi connectivity index (χ2v) is 7.01. The molecule has 0 spiro atoms. The number of hydrogen-bond donors (Lipinski definition) is 3. The average molecular weight is 373 g/mol. The van der Waals surface area contributed by atoms with Crippen LogP contribution in [0.4, 0.5) is 5.82 Å². The number of nitrogens with two attached hydrogens (primary N) is 1. The van der Waals surface area contributed by atoms with E-state index < -0.39 is 15.9 Å². The molecule has 0 unspecified atom stereocenters. The summed E-state index contributed by atoms with van der Waals surface area (Å²) in [5.41, 5.74) is 6.63. The van der Waals surface area contributed by atoms with E-state index >= 15 is 0 Å². The Bertz CT molecular complexity index is 814. The molecule has 2 rings (SSSR count). The number of nitrogens with zero attached hydrogens (tertiary/aromatic N) is 1. The van der Waals surface area contributed by atoms with Crippen LogP contribution in [0.5, 0.6) is 0 Å². The lowest BCUT2D eigenvalue weighted by atomic mass is 10.2. The van der Waals surface area contributed by atoms with Gasteiger partial charge in [-0.2, -0.15) is 5.10 Å². The predicted molar refractivity (Wildman–Crippen MR) is 81.5 cm³/mol. The van der Waals surface area contributed by atoms with Crippen LogP contribution in [0.25, 0.3) is 0 Å². The third-order valence-corrected chi connectivity index (χ3v) is 5.18. The molecule has 9 heteroatoms. The number of benzene rings is 1. The molecule has 0 aliphatic carbocycles. The van der Waals surface area contributed by atoms with Crippen molar-refractivity contribution >= 4 is 37.7 Å². The molecule has 21 heavy (non-hydrogen) atoms. The quantitative estimate of drug-likeness (QED) is 0.756. The van der Waals surface area contributed by atoms with Gasteiger partial charge in [0.05, 0.1) is 4.90 Å². The molecule has 0 fully saturated rings. The van der Waals surface area contributed by atoms with Crippen LogP contribution in [-0.4, -0.2) is 24.5 Å². The first-order valence-corrected chi connectivity index (χ1v) is 8.13. The van der Waals surface area contributed by atoms with Crippen LogP contribution in [0.3, 0.4) is 0 Å². The van der Waals surface area contributed by atoms with Gasteiger partial charge in [-0.3, -0.25) is 14.6 Å². The summed E-state index contributed by atoms with van der Waals surface area (Å²) in [5.74, 6) is -0.720. The highest BCUT2D eigenvalue weighted by Crippen LogP contribution is 2.25. The fourth-order valence-corrected chi connectivity index (χ4v) is 3.53. The van der Waals surface area contributed by atoms with Gasteiger partial charge >= 0.3 is 0 Å². The van der Waals surface area contributed by atoms with E-state index in [-0.39, 0.29) is 16.4 Å². The van der Waals surface area contributed by atoms with E-state index in [4.69, 9.17) is 5.73 Å². The van der Waals surface area contributed by atoms with Gasteiger partial charge in [0.2, 0.25) is 0 Å². The van der Waals surface area contributed by atoms with Crippen molar-refractivity contribution in [2.75, 3.05) is 4.72 Å². The Labute approximate surface area is 130 Å². The molecule has 0 saturated heterocycles. The number of sulfonamides is 1. The normalized spacial score (nSPS) is 11.4. The largest absolute Gasteiger partial charge is 0.364 e. The standard InChI is InChI=1S/C12H13BrN4O3S/c1-6-3-7(2)10(4-8(6)13)21(19,20)17-11-5-9(12(14)18)15-16-11/h3-5H,1-2H3,(H2,14,18)(H2,15,16,17). The number of rotatable bonds is 4. The number of anilines is 1. The van der Waals surface area contributed by atoms with Crippen molar-refractivity contribution in [3.8, 4) is 0 Å². The maximum absolute atomic E-state index is 12.4. The summed E-state index contributed by atoms with van der Waals surface area (Å²) in [6.45, 7) is 3.57. The lowest BCUT2D eigenvalue weighted by Gasteiger charge is -2.10. The first-order valence-electron chi connectivity index (χ1n) is 5.85. The summed E-state index contributed by atoms with van der Waals surface area (Å²) < 4.78 is 27.7. The van der Waals surface area contributed by atoms with Gasteiger partial charge in [0.15, 0.2) is 5.82 Å². The molecular formula is C12H13BrN4O3S. The molecule has 112 valence electrons. The van der Waals surface area contributed by atoms with Crippen LogP contribution in [-0.2, 0) is 10.0 Å². The van der Waals surface area contributed by atoms with Crippen molar-refractivity contribution in [3.63, 3.8) is 0 Å². The maximum Gasteiger partial charge on any atom is 0.266 e. The molecule has 1 aromatic heterocycles. The molecule has 0 atom stereocenters. The molecule has 7 nitrogen and oxygen atoms in total. The van der Waals surface area contributed by atoms with E-state index in [1.165, 1.54) is 12.1 Å². The number of carbonyl (C=O) groups excluding carboxylic acids is 1. The fraction of sp³-hybridized carbons (Fsp3) is 0.167. The second-order valence-electron chi connectivity index (χ2n) is 4.50. The van der Waals surface area contributed by atoms with Gasteiger partial charge in [0.1, 0.15) is 5.69 Å². The first-order chi connectivity index (χ1) is 9.70. The fourth-order valence-electron chi connectivity index (χ4n) is 1.79.